The van der Waals surface area contributed by atoms with Gasteiger partial charge in [0.1, 0.15) is 6.33 Å². The van der Waals surface area contributed by atoms with Crippen LogP contribution in [0.4, 0.5) is 0 Å². The smallest absolute Gasteiger partial charge is 0.246 e. The van der Waals surface area contributed by atoms with E-state index in [9.17, 15) is 4.79 Å². The van der Waals surface area contributed by atoms with E-state index in [1.54, 1.807) is 6.33 Å². The van der Waals surface area contributed by atoms with E-state index < -0.39 is 0 Å². The molecule has 27 heavy (non-hydrogen) atoms. The predicted octanol–water partition coefficient (Wildman–Crippen LogP) is 4.83. The number of fused-ring (bicyclic) bond motifs is 1. The number of thiophene rings is 1. The first kappa shape index (κ1) is 17.9. The molecular weight excluding hydrogens is 378 g/mol. The van der Waals surface area contributed by atoms with Crippen molar-refractivity contribution in [3.63, 3.8) is 0 Å². The van der Waals surface area contributed by atoms with Crippen LogP contribution in [0.5, 0.6) is 0 Å². The number of amides is 1. The fourth-order valence-corrected chi connectivity index (χ4v) is 4.94. The number of carbonyl (C=O) groups is 1. The third-order valence-corrected chi connectivity index (χ3v) is 6.09. The summed E-state index contributed by atoms with van der Waals surface area (Å²) in [5, 5.41) is 0. The third-order valence-electron chi connectivity index (χ3n) is 4.83. The first-order valence-electron chi connectivity index (χ1n) is 8.64. The van der Waals surface area contributed by atoms with Crippen LogP contribution in [0.2, 0.25) is 4.34 Å². The molecule has 0 aliphatic carbocycles. The van der Waals surface area contributed by atoms with E-state index in [4.69, 9.17) is 11.6 Å². The molecule has 2 aromatic heterocycles. The van der Waals surface area contributed by atoms with Crippen LogP contribution in [-0.2, 0) is 11.3 Å². The molecule has 0 fully saturated rings. The number of halogens is 1. The maximum Gasteiger partial charge on any atom is 0.246 e. The highest BCUT2D eigenvalue weighted by Crippen LogP contribution is 2.42. The zero-order valence-corrected chi connectivity index (χ0v) is 16.4. The zero-order valence-electron chi connectivity index (χ0n) is 14.9. The van der Waals surface area contributed by atoms with Crippen LogP contribution in [-0.4, -0.2) is 27.3 Å². The number of benzene rings is 1. The van der Waals surface area contributed by atoms with E-state index >= 15 is 0 Å². The lowest BCUT2D eigenvalue weighted by Gasteiger charge is -2.33. The third kappa shape index (κ3) is 3.40. The van der Waals surface area contributed by atoms with E-state index in [-0.39, 0.29) is 11.8 Å². The second kappa shape index (κ2) is 7.25. The molecule has 3 heterocycles. The van der Waals surface area contributed by atoms with Crippen LogP contribution in [0, 0.1) is 6.92 Å². The SMILES string of the molecule is C=CC(=O)N1Cc2sc(Cl)cc2[C@H](c2ccccc2-c2cc(C)ncn2)C1. The van der Waals surface area contributed by atoms with Crippen LogP contribution in [0.3, 0.4) is 0 Å². The highest BCUT2D eigenvalue weighted by molar-refractivity contribution is 7.16. The number of hydrogen-bond acceptors (Lipinski definition) is 4. The largest absolute Gasteiger partial charge is 0.333 e. The molecule has 1 aliphatic heterocycles. The quantitative estimate of drug-likeness (QED) is 0.597. The van der Waals surface area contributed by atoms with Gasteiger partial charge in [0.25, 0.3) is 0 Å². The average molecular weight is 396 g/mol. The van der Waals surface area contributed by atoms with Crippen molar-refractivity contribution in [3.05, 3.63) is 81.4 Å². The van der Waals surface area contributed by atoms with Crippen molar-refractivity contribution < 1.29 is 4.79 Å². The molecular formula is C21H18ClN3OS. The summed E-state index contributed by atoms with van der Waals surface area (Å²) < 4.78 is 0.744. The van der Waals surface area contributed by atoms with Crippen molar-refractivity contribution >= 4 is 28.8 Å². The Balaban J connectivity index is 1.85. The zero-order chi connectivity index (χ0) is 19.0. The molecule has 0 bridgehead atoms. The Kier molecular flexibility index (Phi) is 4.81. The molecule has 0 saturated heterocycles. The fourth-order valence-electron chi connectivity index (χ4n) is 3.58. The topological polar surface area (TPSA) is 46.1 Å². The van der Waals surface area contributed by atoms with Crippen LogP contribution in [0.1, 0.15) is 27.6 Å². The fraction of sp³-hybridized carbons (Fsp3) is 0.190. The Bertz CT molecular complexity index is 1030. The van der Waals surface area contributed by atoms with Gasteiger partial charge in [-0.05, 0) is 36.3 Å². The maximum absolute atomic E-state index is 12.3. The van der Waals surface area contributed by atoms with E-state index in [0.29, 0.717) is 13.1 Å². The van der Waals surface area contributed by atoms with Gasteiger partial charge in [-0.1, -0.05) is 42.4 Å². The van der Waals surface area contributed by atoms with Crippen molar-refractivity contribution in [2.24, 2.45) is 0 Å². The van der Waals surface area contributed by atoms with Crippen LogP contribution < -0.4 is 0 Å². The van der Waals surface area contributed by atoms with E-state index in [1.807, 2.05) is 36.1 Å². The van der Waals surface area contributed by atoms with Crippen LogP contribution in [0.15, 0.2) is 55.4 Å². The van der Waals surface area contributed by atoms with Crippen molar-refractivity contribution in [2.45, 2.75) is 19.4 Å². The van der Waals surface area contributed by atoms with Crippen LogP contribution in [0.25, 0.3) is 11.3 Å². The molecule has 136 valence electrons. The van der Waals surface area contributed by atoms with Gasteiger partial charge in [-0.25, -0.2) is 9.97 Å². The number of nitrogens with zero attached hydrogens (tertiary/aromatic N) is 3. The summed E-state index contributed by atoms with van der Waals surface area (Å²) in [6, 6.07) is 12.2. The molecule has 0 radical (unpaired) electrons. The Morgan fingerprint density at radius 3 is 2.89 bits per heavy atom. The van der Waals surface area contributed by atoms with Gasteiger partial charge in [0.2, 0.25) is 5.91 Å². The first-order chi connectivity index (χ1) is 13.1. The molecule has 1 atom stereocenters. The summed E-state index contributed by atoms with van der Waals surface area (Å²) in [4.78, 5) is 23.9. The number of rotatable bonds is 3. The molecule has 0 spiro atoms. The van der Waals surface area contributed by atoms with Crippen molar-refractivity contribution in [3.8, 4) is 11.3 Å². The minimum Gasteiger partial charge on any atom is -0.333 e. The summed E-state index contributed by atoms with van der Waals surface area (Å²) in [7, 11) is 0. The standard InChI is InChI=1S/C21H18ClN3OS/c1-3-21(26)25-10-17(16-9-20(22)27-19(16)11-25)14-6-4-5-7-15(14)18-8-13(2)23-12-24-18/h3-9,12,17H,1,10-11H2,2H3/t17-/m0/s1. The van der Waals surface area contributed by atoms with Gasteiger partial charge in [0, 0.05) is 28.6 Å². The summed E-state index contributed by atoms with van der Waals surface area (Å²) in [5.41, 5.74) is 5.17. The highest BCUT2D eigenvalue weighted by atomic mass is 35.5. The molecule has 0 saturated carbocycles. The Hall–Kier alpha value is -2.50. The van der Waals surface area contributed by atoms with Gasteiger partial charge in [-0.3, -0.25) is 4.79 Å². The molecule has 1 amide bonds. The molecule has 0 unspecified atom stereocenters. The summed E-state index contributed by atoms with van der Waals surface area (Å²) >= 11 is 7.85. The minimum atomic E-state index is -0.0643. The average Bonchev–Trinajstić information content (AvgIpc) is 3.06. The van der Waals surface area contributed by atoms with E-state index in [0.717, 1.165) is 31.7 Å². The van der Waals surface area contributed by atoms with Gasteiger partial charge >= 0.3 is 0 Å². The normalized spacial score (nSPS) is 16.1. The minimum absolute atomic E-state index is 0.0351. The van der Waals surface area contributed by atoms with E-state index in [2.05, 4.69) is 28.7 Å². The summed E-state index contributed by atoms with van der Waals surface area (Å²) in [6.45, 7) is 6.75. The molecule has 1 aliphatic rings. The molecule has 3 aromatic rings. The van der Waals surface area contributed by atoms with Crippen LogP contribution >= 0.6 is 22.9 Å². The Morgan fingerprint density at radius 2 is 2.11 bits per heavy atom. The van der Waals surface area contributed by atoms with Gasteiger partial charge < -0.3 is 4.90 Å². The van der Waals surface area contributed by atoms with Gasteiger partial charge in [0.05, 0.1) is 16.6 Å². The Labute approximate surface area is 167 Å². The molecule has 4 rings (SSSR count). The summed E-state index contributed by atoms with van der Waals surface area (Å²) in [6.07, 6.45) is 2.96. The second-order valence-corrected chi connectivity index (χ2v) is 8.30. The second-order valence-electron chi connectivity index (χ2n) is 6.54. The lowest BCUT2D eigenvalue weighted by Crippen LogP contribution is -2.37. The molecule has 1 aromatic carbocycles. The number of carbonyl (C=O) groups excluding carboxylic acids is 1. The Morgan fingerprint density at radius 1 is 1.30 bits per heavy atom. The molecule has 0 N–H and O–H groups in total. The lowest BCUT2D eigenvalue weighted by molar-refractivity contribution is -0.127. The van der Waals surface area contributed by atoms with Crippen molar-refractivity contribution in [2.75, 3.05) is 6.54 Å². The van der Waals surface area contributed by atoms with Crippen molar-refractivity contribution in [1.82, 2.24) is 14.9 Å². The highest BCUT2D eigenvalue weighted by Gasteiger charge is 2.31. The van der Waals surface area contributed by atoms with Gasteiger partial charge in [-0.15, -0.1) is 11.3 Å². The molecule has 6 heteroatoms. The number of aromatic nitrogens is 2. The maximum atomic E-state index is 12.3. The lowest BCUT2D eigenvalue weighted by atomic mass is 9.85. The summed E-state index contributed by atoms with van der Waals surface area (Å²) in [5.74, 6) is -0.0293. The molecule has 4 nitrogen and oxygen atoms in total. The van der Waals surface area contributed by atoms with Gasteiger partial charge in [0.15, 0.2) is 0 Å². The van der Waals surface area contributed by atoms with E-state index in [1.165, 1.54) is 23.0 Å². The first-order valence-corrected chi connectivity index (χ1v) is 9.83. The monoisotopic (exact) mass is 395 g/mol. The predicted molar refractivity (Wildman–Crippen MR) is 109 cm³/mol. The van der Waals surface area contributed by atoms with Crippen molar-refractivity contribution in [1.29, 1.82) is 0 Å². The van der Waals surface area contributed by atoms with Gasteiger partial charge in [-0.2, -0.15) is 0 Å². The number of aryl methyl sites for hydroxylation is 1. The number of hydrogen-bond donors (Lipinski definition) is 0.